The summed E-state index contributed by atoms with van der Waals surface area (Å²) < 4.78 is 38.9. The van der Waals surface area contributed by atoms with Gasteiger partial charge in [0.25, 0.3) is 0 Å². The topological polar surface area (TPSA) is 80.7 Å². The molecule has 0 amide bonds. The number of aliphatic hydroxyl groups is 1. The van der Waals surface area contributed by atoms with Crippen LogP contribution in [0.4, 0.5) is 8.78 Å². The molecular weight excluding hydrogens is 462 g/mol. The van der Waals surface area contributed by atoms with Gasteiger partial charge in [-0.15, -0.1) is 12.6 Å². The third-order valence-electron chi connectivity index (χ3n) is 10.4. The van der Waals surface area contributed by atoms with Gasteiger partial charge in [0.15, 0.2) is 11.4 Å². The molecule has 0 bridgehead atoms. The first-order valence-corrected chi connectivity index (χ1v) is 12.6. The van der Waals surface area contributed by atoms with Crippen molar-refractivity contribution in [3.8, 4) is 0 Å². The van der Waals surface area contributed by atoms with Crippen molar-refractivity contribution in [3.63, 3.8) is 0 Å². The lowest BCUT2D eigenvalue weighted by molar-refractivity contribution is -0.205. The summed E-state index contributed by atoms with van der Waals surface area (Å²) in [7, 11) is 0. The normalized spacial score (nSPS) is 48.6. The van der Waals surface area contributed by atoms with E-state index in [9.17, 15) is 19.5 Å². The Morgan fingerprint density at radius 1 is 1.09 bits per heavy atom. The lowest BCUT2D eigenvalue weighted by Gasteiger charge is -2.61. The van der Waals surface area contributed by atoms with Crippen molar-refractivity contribution in [2.75, 3.05) is 0 Å². The van der Waals surface area contributed by atoms with Crippen molar-refractivity contribution in [1.82, 2.24) is 0 Å². The maximum Gasteiger partial charge on any atom is 0.312 e. The van der Waals surface area contributed by atoms with Crippen molar-refractivity contribution in [1.29, 1.82) is 0 Å². The fourth-order valence-electron chi connectivity index (χ4n) is 7.89. The molecule has 0 aromatic heterocycles. The highest BCUT2D eigenvalue weighted by Crippen LogP contribution is 2.72. The van der Waals surface area contributed by atoms with Crippen molar-refractivity contribution < 1.29 is 33.0 Å². The van der Waals surface area contributed by atoms with Gasteiger partial charge in [-0.05, 0) is 69.9 Å². The van der Waals surface area contributed by atoms with E-state index >= 15 is 8.78 Å². The summed E-state index contributed by atoms with van der Waals surface area (Å²) in [5.74, 6) is -3.18. The Labute approximate surface area is 203 Å². The van der Waals surface area contributed by atoms with Gasteiger partial charge in [-0.1, -0.05) is 13.8 Å². The van der Waals surface area contributed by atoms with Crippen LogP contribution in [0.15, 0.2) is 23.5 Å². The van der Waals surface area contributed by atoms with Gasteiger partial charge >= 0.3 is 5.97 Å². The van der Waals surface area contributed by atoms with Gasteiger partial charge in [-0.2, -0.15) is 0 Å². The molecule has 0 aromatic rings. The largest absolute Gasteiger partial charge is 0.511 e. The predicted molar refractivity (Wildman–Crippen MR) is 124 cm³/mol. The van der Waals surface area contributed by atoms with E-state index in [4.69, 9.17) is 4.74 Å². The Morgan fingerprint density at radius 3 is 2.32 bits per heavy atom. The summed E-state index contributed by atoms with van der Waals surface area (Å²) in [5.41, 5.74) is -6.79. The third kappa shape index (κ3) is 2.64. The molecule has 5 rings (SSSR count). The molecule has 8 atom stereocenters. The van der Waals surface area contributed by atoms with Gasteiger partial charge in [0.2, 0.25) is 5.12 Å². The van der Waals surface area contributed by atoms with Crippen LogP contribution in [0.2, 0.25) is 0 Å². The molecule has 5 aliphatic carbocycles. The van der Waals surface area contributed by atoms with Crippen LogP contribution in [-0.4, -0.2) is 39.4 Å². The number of aliphatic hydroxyl groups excluding tert-OH is 1. The van der Waals surface area contributed by atoms with E-state index < -0.39 is 74.1 Å². The second-order valence-corrected chi connectivity index (χ2v) is 12.4. The first-order valence-electron chi connectivity index (χ1n) is 12.1. The summed E-state index contributed by atoms with van der Waals surface area (Å²) in [6.45, 7) is 6.95. The summed E-state index contributed by atoms with van der Waals surface area (Å²) in [6.07, 6.45) is 2.21. The Morgan fingerprint density at radius 2 is 1.74 bits per heavy atom. The van der Waals surface area contributed by atoms with Crippen LogP contribution in [-0.2, 0) is 19.1 Å². The van der Waals surface area contributed by atoms with Gasteiger partial charge in [0.05, 0.1) is 10.8 Å². The third-order valence-corrected chi connectivity index (χ3v) is 10.7. The van der Waals surface area contributed by atoms with E-state index in [2.05, 4.69) is 12.6 Å². The molecule has 34 heavy (non-hydrogen) atoms. The molecule has 5 aliphatic rings. The standard InChI is InChI=1S/C26H32F2O5S/c1-13-9-15-16-12-18(27)17-10-14(29)11-19(30)24(17,4)25(16,28)8-7-23(15,3)26(13,21(32)34)33-20(31)22(2)5-6-22/h10-11,13,15-16,18,30H,5-9,12H2,1-4H3,(H,32,34)/t13-,15+,16+,18+,23+,24-,25-,26+/m1/s1. The van der Waals surface area contributed by atoms with Crippen LogP contribution in [0.3, 0.4) is 0 Å². The van der Waals surface area contributed by atoms with E-state index in [1.807, 2.05) is 20.8 Å². The van der Waals surface area contributed by atoms with Crippen molar-refractivity contribution in [2.45, 2.75) is 83.7 Å². The van der Waals surface area contributed by atoms with Crippen LogP contribution in [0.1, 0.15) is 66.2 Å². The highest BCUT2D eigenvalue weighted by atomic mass is 32.1. The summed E-state index contributed by atoms with van der Waals surface area (Å²) in [5, 5.41) is 10.2. The Balaban J connectivity index is 1.60. The van der Waals surface area contributed by atoms with Crippen molar-refractivity contribution in [2.24, 2.45) is 34.0 Å². The minimum Gasteiger partial charge on any atom is -0.511 e. The number of hydrogen-bond donors (Lipinski definition) is 2. The van der Waals surface area contributed by atoms with Gasteiger partial charge in [-0.25, -0.2) is 8.78 Å². The quantitative estimate of drug-likeness (QED) is 0.426. The molecule has 0 aromatic carbocycles. The molecule has 186 valence electrons. The number of ether oxygens (including phenoxy) is 1. The summed E-state index contributed by atoms with van der Waals surface area (Å²) >= 11 is 4.19. The maximum absolute atomic E-state index is 17.2. The fraction of sp³-hybridized carbons (Fsp3) is 0.731. The molecule has 0 heterocycles. The highest BCUT2D eigenvalue weighted by molar-refractivity contribution is 7.96. The number of fused-ring (bicyclic) bond motifs is 5. The number of ketones is 1. The first-order chi connectivity index (χ1) is 15.7. The lowest BCUT2D eigenvalue weighted by Crippen LogP contribution is -2.66. The minimum absolute atomic E-state index is 0.0180. The number of allylic oxidation sites excluding steroid dienone is 3. The zero-order chi connectivity index (χ0) is 25.1. The zero-order valence-corrected chi connectivity index (χ0v) is 20.9. The van der Waals surface area contributed by atoms with E-state index in [1.54, 1.807) is 0 Å². The van der Waals surface area contributed by atoms with Crippen molar-refractivity contribution >= 4 is 29.5 Å². The number of halogens is 2. The van der Waals surface area contributed by atoms with Crippen LogP contribution in [0.5, 0.6) is 0 Å². The Hall–Kier alpha value is -1.70. The molecule has 0 radical (unpaired) electrons. The van der Waals surface area contributed by atoms with Crippen LogP contribution in [0, 0.1) is 34.0 Å². The molecule has 0 unspecified atom stereocenters. The SMILES string of the molecule is C[C@@H]1C[C@H]2[C@@H]3C[C@H](F)C4=CC(=O)C=C(O)[C@]4(C)[C@@]3(F)CC[C@]2(C)[C@@]1(OC(=O)C1(C)CC1)C(=O)S. The molecule has 1 N–H and O–H groups in total. The molecule has 0 saturated heterocycles. The van der Waals surface area contributed by atoms with E-state index in [-0.39, 0.29) is 24.8 Å². The number of hydrogen-bond acceptors (Lipinski definition) is 5. The monoisotopic (exact) mass is 494 g/mol. The first kappa shape index (κ1) is 24.0. The Kier molecular flexibility index (Phi) is 4.91. The smallest absolute Gasteiger partial charge is 0.312 e. The number of thiol groups is 1. The second kappa shape index (κ2) is 6.95. The number of carbonyl (C=O) groups excluding carboxylic acids is 3. The number of esters is 1. The second-order valence-electron chi connectivity index (χ2n) is 12.0. The predicted octanol–water partition coefficient (Wildman–Crippen LogP) is 5.00. The Bertz CT molecular complexity index is 1070. The average Bonchev–Trinajstić information content (AvgIpc) is 3.46. The minimum atomic E-state index is -2.02. The van der Waals surface area contributed by atoms with Gasteiger partial charge in [0, 0.05) is 23.3 Å². The summed E-state index contributed by atoms with van der Waals surface area (Å²) in [4.78, 5) is 38.2. The fourth-order valence-corrected chi connectivity index (χ4v) is 8.41. The number of alkyl halides is 2. The van der Waals surface area contributed by atoms with Crippen LogP contribution in [0.25, 0.3) is 0 Å². The van der Waals surface area contributed by atoms with E-state index in [0.29, 0.717) is 19.3 Å². The molecule has 4 fully saturated rings. The molecule has 0 spiro atoms. The lowest BCUT2D eigenvalue weighted by atomic mass is 9.45. The average molecular weight is 495 g/mol. The highest BCUT2D eigenvalue weighted by Gasteiger charge is 2.76. The molecule has 8 heteroatoms. The zero-order valence-electron chi connectivity index (χ0n) is 20.0. The van der Waals surface area contributed by atoms with E-state index in [1.165, 1.54) is 6.92 Å². The van der Waals surface area contributed by atoms with Gasteiger partial charge < -0.3 is 9.84 Å². The number of carbonyl (C=O) groups is 3. The maximum atomic E-state index is 17.2. The summed E-state index contributed by atoms with van der Waals surface area (Å²) in [6, 6.07) is 0. The van der Waals surface area contributed by atoms with Gasteiger partial charge in [0.1, 0.15) is 17.6 Å². The van der Waals surface area contributed by atoms with E-state index in [0.717, 1.165) is 12.2 Å². The van der Waals surface area contributed by atoms with Crippen LogP contribution < -0.4 is 0 Å². The van der Waals surface area contributed by atoms with Crippen LogP contribution >= 0.6 is 12.6 Å². The molecule has 5 nitrogen and oxygen atoms in total. The number of rotatable bonds is 3. The molecule has 4 saturated carbocycles. The molecule has 0 aliphatic heterocycles. The van der Waals surface area contributed by atoms with Gasteiger partial charge in [-0.3, -0.25) is 14.4 Å². The molecular formula is C26H32F2O5S. The van der Waals surface area contributed by atoms with Crippen molar-refractivity contribution in [3.05, 3.63) is 23.5 Å².